The number of primary amides is 1. The highest BCUT2D eigenvalue weighted by Gasteiger charge is 2.38. The summed E-state index contributed by atoms with van der Waals surface area (Å²) in [6.07, 6.45) is 2.34. The second-order valence-corrected chi connectivity index (χ2v) is 16.0. The number of amides is 9. The summed E-state index contributed by atoms with van der Waals surface area (Å²) in [5.41, 5.74) is 11.9. The molecule has 1 heterocycles. The van der Waals surface area contributed by atoms with Gasteiger partial charge >= 0.3 is 5.97 Å². The van der Waals surface area contributed by atoms with Crippen LogP contribution in [-0.2, 0) is 54.4 Å². The van der Waals surface area contributed by atoms with Crippen LogP contribution in [0.4, 0.5) is 0 Å². The molecule has 14 N–H and O–H groups in total. The maximum absolute atomic E-state index is 13.3. The molecule has 2 rings (SSSR count). The minimum absolute atomic E-state index is 0.123. The van der Waals surface area contributed by atoms with E-state index in [4.69, 9.17) is 11.5 Å². The molecule has 24 heteroatoms. The lowest BCUT2D eigenvalue weighted by Crippen LogP contribution is -2.60. The monoisotopic (exact) mass is 908 g/mol. The number of nitrogens with two attached hydrogens (primary N) is 2. The molecular formula is C39H60N10O13S. The Balaban J connectivity index is 1.96. The van der Waals surface area contributed by atoms with Crippen LogP contribution in [0.3, 0.4) is 0 Å². The zero-order valence-corrected chi connectivity index (χ0v) is 36.2. The minimum Gasteiger partial charge on any atom is -0.480 e. The summed E-state index contributed by atoms with van der Waals surface area (Å²) < 4.78 is 0. The molecule has 0 saturated carbocycles. The fraction of sp³-hybridized carbons (Fsp3) is 0.590. The number of carboxylic acids is 1. The van der Waals surface area contributed by atoms with E-state index in [0.717, 1.165) is 0 Å². The van der Waals surface area contributed by atoms with Gasteiger partial charge in [0.15, 0.2) is 0 Å². The first-order valence-corrected chi connectivity index (χ1v) is 21.6. The summed E-state index contributed by atoms with van der Waals surface area (Å²) in [6, 6.07) is -0.851. The number of carbonyl (C=O) groups is 10. The molecule has 1 aliphatic rings. The molecule has 0 aromatic heterocycles. The molecule has 0 radical (unpaired) electrons. The van der Waals surface area contributed by atoms with Gasteiger partial charge in [-0.25, -0.2) is 4.79 Å². The molecule has 0 unspecified atom stereocenters. The summed E-state index contributed by atoms with van der Waals surface area (Å²) >= 11 is 1.54. The van der Waals surface area contributed by atoms with Crippen LogP contribution in [0, 0.1) is 5.92 Å². The van der Waals surface area contributed by atoms with Gasteiger partial charge in [-0.15, -0.1) is 0 Å². The average molecular weight is 909 g/mol. The number of nitrogens with zero attached hydrogens (tertiary/aromatic N) is 1. The van der Waals surface area contributed by atoms with Gasteiger partial charge in [-0.05, 0) is 49.2 Å². The fourth-order valence-corrected chi connectivity index (χ4v) is 6.73. The molecule has 1 aliphatic heterocycles. The molecule has 1 saturated heterocycles. The number of nitrogens with one attached hydrogen (secondary N) is 7. The van der Waals surface area contributed by atoms with E-state index in [9.17, 15) is 63.3 Å². The van der Waals surface area contributed by atoms with Gasteiger partial charge < -0.3 is 68.9 Å². The summed E-state index contributed by atoms with van der Waals surface area (Å²) in [7, 11) is 0. The highest BCUT2D eigenvalue weighted by atomic mass is 32.2. The van der Waals surface area contributed by atoms with Crippen molar-refractivity contribution >= 4 is 70.9 Å². The van der Waals surface area contributed by atoms with Crippen molar-refractivity contribution in [3.8, 4) is 0 Å². The molecule has 63 heavy (non-hydrogen) atoms. The SMILES string of the molecule is CSCC[C@H](N)C(=O)N1CCC[C@H]1C(=O)N[C@H](C(=O)NCC(=O)NCC(=O)N[C@@H](CCC(N)=O)C(=O)N[C@@H](CO)C(=O)N[C@@H](CO)C(=O)N[C@@H](Cc1ccccc1)C(=O)O)C(C)C. The van der Waals surface area contributed by atoms with Crippen LogP contribution in [0.5, 0.6) is 0 Å². The number of hydrogen-bond donors (Lipinski definition) is 12. The van der Waals surface area contributed by atoms with Crippen molar-refractivity contribution in [3.05, 3.63) is 35.9 Å². The zero-order chi connectivity index (χ0) is 47.2. The first kappa shape index (κ1) is 53.3. The number of rotatable bonds is 27. The number of carboxylic acid groups (broad SMARTS) is 1. The quantitative estimate of drug-likeness (QED) is 0.0393. The van der Waals surface area contributed by atoms with E-state index in [0.29, 0.717) is 37.1 Å². The number of aliphatic hydroxyl groups excluding tert-OH is 2. The summed E-state index contributed by atoms with van der Waals surface area (Å²) in [5.74, 6) is -8.79. The van der Waals surface area contributed by atoms with Crippen LogP contribution >= 0.6 is 11.8 Å². The second kappa shape index (κ2) is 27.3. The normalized spacial score (nSPS) is 16.2. The van der Waals surface area contributed by atoms with Crippen LogP contribution in [-0.4, -0.2) is 167 Å². The first-order valence-electron chi connectivity index (χ1n) is 20.2. The van der Waals surface area contributed by atoms with Gasteiger partial charge in [-0.1, -0.05) is 44.2 Å². The average Bonchev–Trinajstić information content (AvgIpc) is 3.75. The molecule has 9 amide bonds. The Morgan fingerprint density at radius 1 is 0.762 bits per heavy atom. The van der Waals surface area contributed by atoms with Crippen molar-refractivity contribution in [2.45, 2.75) is 94.7 Å². The van der Waals surface area contributed by atoms with Crippen LogP contribution in [0.15, 0.2) is 30.3 Å². The van der Waals surface area contributed by atoms with Gasteiger partial charge in [-0.2, -0.15) is 11.8 Å². The lowest BCUT2D eigenvalue weighted by molar-refractivity contribution is -0.142. The van der Waals surface area contributed by atoms with Crippen LogP contribution in [0.1, 0.15) is 51.5 Å². The van der Waals surface area contributed by atoms with Gasteiger partial charge in [0, 0.05) is 19.4 Å². The molecule has 0 spiro atoms. The van der Waals surface area contributed by atoms with Crippen molar-refractivity contribution in [3.63, 3.8) is 0 Å². The van der Waals surface area contributed by atoms with Crippen molar-refractivity contribution < 1.29 is 63.3 Å². The summed E-state index contributed by atoms with van der Waals surface area (Å²) in [4.78, 5) is 129. The van der Waals surface area contributed by atoms with E-state index >= 15 is 0 Å². The lowest BCUT2D eigenvalue weighted by atomic mass is 10.0. The van der Waals surface area contributed by atoms with Gasteiger partial charge in [0.1, 0.15) is 36.3 Å². The number of aliphatic carboxylic acids is 1. The zero-order valence-electron chi connectivity index (χ0n) is 35.4. The highest BCUT2D eigenvalue weighted by molar-refractivity contribution is 7.98. The third-order valence-corrected chi connectivity index (χ3v) is 10.4. The van der Waals surface area contributed by atoms with E-state index in [1.807, 2.05) is 6.26 Å². The molecule has 0 bridgehead atoms. The molecular weight excluding hydrogens is 849 g/mol. The topological polar surface area (TPSA) is 371 Å². The predicted molar refractivity (Wildman–Crippen MR) is 227 cm³/mol. The summed E-state index contributed by atoms with van der Waals surface area (Å²) in [5, 5.41) is 45.4. The largest absolute Gasteiger partial charge is 0.480 e. The van der Waals surface area contributed by atoms with E-state index in [1.165, 1.54) is 4.90 Å². The Kier molecular flexibility index (Phi) is 23.1. The van der Waals surface area contributed by atoms with Crippen LogP contribution in [0.25, 0.3) is 0 Å². The fourth-order valence-electron chi connectivity index (χ4n) is 6.24. The van der Waals surface area contributed by atoms with Gasteiger partial charge in [0.25, 0.3) is 0 Å². The molecule has 1 fully saturated rings. The highest BCUT2D eigenvalue weighted by Crippen LogP contribution is 2.20. The standard InChI is InChI=1S/C39H60N10O13S/c1-21(2)32(48-36(58)28-10-7-14-49(28)38(60)23(40)13-15-63-3)37(59)43-17-30(53)42-18-31(54)44-24(11-12-29(41)52)33(55)46-27(20-51)35(57)47-26(19-50)34(56)45-25(39(61)62)16-22-8-5-4-6-9-22/h4-6,8-9,21,23-28,32,50-51H,7,10-20,40H2,1-3H3,(H2,41,52)(H,42,53)(H,43,59)(H,44,54)(H,45,56)(H,46,55)(H,47,57)(H,48,58)(H,61,62)/t23-,24-,25-,26-,27-,28-,32-/m0/s1. The number of thioether (sulfide) groups is 1. The molecule has 23 nitrogen and oxygen atoms in total. The maximum atomic E-state index is 13.3. The lowest BCUT2D eigenvalue weighted by Gasteiger charge is -2.29. The van der Waals surface area contributed by atoms with Gasteiger partial charge in [0.05, 0.1) is 32.3 Å². The molecule has 1 aromatic carbocycles. The smallest absolute Gasteiger partial charge is 0.326 e. The van der Waals surface area contributed by atoms with Crippen LogP contribution in [0.2, 0.25) is 0 Å². The molecule has 1 aromatic rings. The Hall–Kier alpha value is -5.85. The van der Waals surface area contributed by atoms with Crippen molar-refractivity contribution in [1.29, 1.82) is 0 Å². The van der Waals surface area contributed by atoms with E-state index in [-0.39, 0.29) is 12.3 Å². The first-order chi connectivity index (χ1) is 29.8. The second-order valence-electron chi connectivity index (χ2n) is 15.0. The number of hydrogen-bond acceptors (Lipinski definition) is 14. The third-order valence-electron chi connectivity index (χ3n) is 9.76. The minimum atomic E-state index is -1.78. The molecule has 350 valence electrons. The van der Waals surface area contributed by atoms with Gasteiger partial charge in [-0.3, -0.25) is 43.2 Å². The van der Waals surface area contributed by atoms with Gasteiger partial charge in [0.2, 0.25) is 53.2 Å². The van der Waals surface area contributed by atoms with Crippen molar-refractivity contribution in [1.82, 2.24) is 42.1 Å². The number of likely N-dealkylation sites (tertiary alicyclic amines) is 1. The molecule has 0 aliphatic carbocycles. The van der Waals surface area contributed by atoms with Crippen LogP contribution < -0.4 is 48.7 Å². The Morgan fingerprint density at radius 2 is 1.33 bits per heavy atom. The maximum Gasteiger partial charge on any atom is 0.326 e. The van der Waals surface area contributed by atoms with Crippen molar-refractivity contribution in [2.75, 3.05) is 44.9 Å². The Labute approximate surface area is 368 Å². The number of benzene rings is 1. The van der Waals surface area contributed by atoms with E-state index in [2.05, 4.69) is 37.2 Å². The molecule has 7 atom stereocenters. The van der Waals surface area contributed by atoms with E-state index < -0.39 is 141 Å². The third kappa shape index (κ3) is 18.2. The van der Waals surface area contributed by atoms with Crippen molar-refractivity contribution in [2.24, 2.45) is 17.4 Å². The number of carbonyl (C=O) groups excluding carboxylic acids is 9. The summed E-state index contributed by atoms with van der Waals surface area (Å²) in [6.45, 7) is 0.275. The predicted octanol–water partition coefficient (Wildman–Crippen LogP) is -5.05. The number of aliphatic hydroxyl groups is 2. The Bertz CT molecular complexity index is 1770. The Morgan fingerprint density at radius 3 is 1.87 bits per heavy atom. The van der Waals surface area contributed by atoms with E-state index in [1.54, 1.807) is 55.9 Å².